The van der Waals surface area contributed by atoms with Gasteiger partial charge in [0.1, 0.15) is 11.1 Å². The van der Waals surface area contributed by atoms with Gasteiger partial charge in [-0.25, -0.2) is 0 Å². The molecular weight excluding hydrogens is 300 g/mol. The van der Waals surface area contributed by atoms with Crippen molar-refractivity contribution in [2.45, 2.75) is 113 Å². The molecule has 4 nitrogen and oxygen atoms in total. The van der Waals surface area contributed by atoms with E-state index in [1.165, 1.54) is 51.4 Å². The molecule has 2 aliphatic heterocycles. The van der Waals surface area contributed by atoms with Crippen molar-refractivity contribution in [3.8, 4) is 0 Å². The van der Waals surface area contributed by atoms with Crippen molar-refractivity contribution in [2.75, 3.05) is 0 Å². The van der Waals surface area contributed by atoms with Crippen LogP contribution >= 0.6 is 0 Å². The summed E-state index contributed by atoms with van der Waals surface area (Å²) in [6.45, 7) is 0. The molecule has 2 spiro atoms. The average molecular weight is 330 g/mol. The first-order valence-electron chi connectivity index (χ1n) is 10.4. The molecule has 5 aliphatic rings. The van der Waals surface area contributed by atoms with E-state index in [2.05, 4.69) is 9.80 Å². The molecule has 0 aromatic heterocycles. The minimum atomic E-state index is -0.177. The number of hydrogen-bond donors (Lipinski definition) is 0. The predicted molar refractivity (Wildman–Crippen MR) is 91.4 cm³/mol. The number of rotatable bonds is 2. The second kappa shape index (κ2) is 5.22. The number of carbonyl (C=O) groups is 2. The van der Waals surface area contributed by atoms with Gasteiger partial charge in [-0.15, -0.1) is 0 Å². The molecule has 0 bridgehead atoms. The van der Waals surface area contributed by atoms with Crippen LogP contribution in [-0.4, -0.2) is 44.8 Å². The number of amides is 2. The monoisotopic (exact) mass is 330 g/mol. The fourth-order valence-corrected chi connectivity index (χ4v) is 6.44. The van der Waals surface area contributed by atoms with Gasteiger partial charge in [-0.1, -0.05) is 38.5 Å². The van der Waals surface area contributed by atoms with Crippen LogP contribution in [0.1, 0.15) is 89.9 Å². The van der Waals surface area contributed by atoms with E-state index in [4.69, 9.17) is 0 Å². The smallest absolute Gasteiger partial charge is 0.249 e. The first-order valence-corrected chi connectivity index (χ1v) is 10.4. The van der Waals surface area contributed by atoms with Crippen LogP contribution in [0.25, 0.3) is 0 Å². The minimum absolute atomic E-state index is 0.102. The van der Waals surface area contributed by atoms with Gasteiger partial charge in [-0.2, -0.15) is 0 Å². The van der Waals surface area contributed by atoms with Crippen molar-refractivity contribution >= 4 is 11.8 Å². The molecule has 4 heteroatoms. The number of hydrogen-bond acceptors (Lipinski definition) is 2. The second-order valence-corrected chi connectivity index (χ2v) is 9.02. The van der Waals surface area contributed by atoms with Crippen LogP contribution in [0.2, 0.25) is 0 Å². The van der Waals surface area contributed by atoms with E-state index in [-0.39, 0.29) is 11.1 Å². The van der Waals surface area contributed by atoms with Crippen molar-refractivity contribution in [3.63, 3.8) is 0 Å². The largest absolute Gasteiger partial charge is 0.323 e. The zero-order chi connectivity index (χ0) is 16.4. The van der Waals surface area contributed by atoms with Crippen LogP contribution in [-0.2, 0) is 9.59 Å². The fourth-order valence-electron chi connectivity index (χ4n) is 6.44. The molecule has 132 valence electrons. The number of nitrogens with zero attached hydrogens (tertiary/aromatic N) is 2. The lowest BCUT2D eigenvalue weighted by atomic mass is 9.82. The summed E-state index contributed by atoms with van der Waals surface area (Å²) in [6, 6.07) is 0.834. The normalized spacial score (nSPS) is 38.9. The SMILES string of the molecule is O=C1N(C2CCCC3(C2)C(=O)N3C2CCCCC2)C12CCCCC2. The van der Waals surface area contributed by atoms with Gasteiger partial charge in [-0.3, -0.25) is 9.59 Å². The molecule has 3 saturated carbocycles. The van der Waals surface area contributed by atoms with Gasteiger partial charge >= 0.3 is 0 Å². The maximum Gasteiger partial charge on any atom is 0.249 e. The lowest BCUT2D eigenvalue weighted by Gasteiger charge is -2.34. The van der Waals surface area contributed by atoms with Crippen LogP contribution in [0.4, 0.5) is 0 Å². The van der Waals surface area contributed by atoms with Gasteiger partial charge in [-0.05, 0) is 44.9 Å². The third kappa shape index (κ3) is 1.97. The summed E-state index contributed by atoms with van der Waals surface area (Å²) in [6.07, 6.45) is 16.3. The molecule has 5 rings (SSSR count). The van der Waals surface area contributed by atoms with E-state index < -0.39 is 0 Å². The van der Waals surface area contributed by atoms with Crippen molar-refractivity contribution in [3.05, 3.63) is 0 Å². The molecular formula is C20H30N2O2. The molecule has 0 N–H and O–H groups in total. The minimum Gasteiger partial charge on any atom is -0.323 e. The van der Waals surface area contributed by atoms with E-state index in [0.29, 0.717) is 23.9 Å². The second-order valence-electron chi connectivity index (χ2n) is 9.02. The van der Waals surface area contributed by atoms with E-state index >= 15 is 0 Å². The summed E-state index contributed by atoms with van der Waals surface area (Å²) < 4.78 is 0. The van der Waals surface area contributed by atoms with Crippen LogP contribution < -0.4 is 0 Å². The first-order chi connectivity index (χ1) is 11.7. The zero-order valence-corrected chi connectivity index (χ0v) is 14.8. The summed E-state index contributed by atoms with van der Waals surface area (Å²) in [5.74, 6) is 0.813. The highest BCUT2D eigenvalue weighted by atomic mass is 16.2. The summed E-state index contributed by atoms with van der Waals surface area (Å²) in [4.78, 5) is 29.8. The Hall–Kier alpha value is -1.06. The van der Waals surface area contributed by atoms with Gasteiger partial charge in [0, 0.05) is 18.5 Å². The molecule has 5 fully saturated rings. The third-order valence-electron chi connectivity index (χ3n) is 7.74. The Labute approximate surface area is 144 Å². The molecule has 24 heavy (non-hydrogen) atoms. The van der Waals surface area contributed by atoms with Crippen LogP contribution in [0.15, 0.2) is 0 Å². The highest BCUT2D eigenvalue weighted by molar-refractivity contribution is 6.04. The van der Waals surface area contributed by atoms with E-state index in [9.17, 15) is 9.59 Å². The van der Waals surface area contributed by atoms with E-state index in [1.54, 1.807) is 0 Å². The molecule has 0 aromatic carbocycles. The summed E-state index contributed by atoms with van der Waals surface area (Å²) in [5, 5.41) is 0. The standard InChI is InChI=1S/C20H30N2O2/c23-17-19(11-5-2-6-12-19)22(17)16-10-7-13-20(14-16)18(24)21(20)15-8-3-1-4-9-15/h15-16H,1-14H2. The van der Waals surface area contributed by atoms with Crippen LogP contribution in [0, 0.1) is 0 Å². The Morgan fingerprint density at radius 1 is 0.625 bits per heavy atom. The van der Waals surface area contributed by atoms with Gasteiger partial charge in [0.25, 0.3) is 0 Å². The van der Waals surface area contributed by atoms with Gasteiger partial charge < -0.3 is 9.80 Å². The van der Waals surface area contributed by atoms with Crippen LogP contribution in [0.5, 0.6) is 0 Å². The predicted octanol–water partition coefficient (Wildman–Crippen LogP) is 3.39. The van der Waals surface area contributed by atoms with Gasteiger partial charge in [0.15, 0.2) is 0 Å². The third-order valence-corrected chi connectivity index (χ3v) is 7.74. The maximum atomic E-state index is 12.8. The Balaban J connectivity index is 1.31. The van der Waals surface area contributed by atoms with Crippen LogP contribution in [0.3, 0.4) is 0 Å². The first kappa shape index (κ1) is 15.2. The van der Waals surface area contributed by atoms with Crippen molar-refractivity contribution in [1.82, 2.24) is 9.80 Å². The van der Waals surface area contributed by atoms with Crippen molar-refractivity contribution in [2.24, 2.45) is 0 Å². The zero-order valence-electron chi connectivity index (χ0n) is 14.8. The Kier molecular flexibility index (Phi) is 3.31. The van der Waals surface area contributed by atoms with Crippen molar-refractivity contribution in [1.29, 1.82) is 0 Å². The Morgan fingerprint density at radius 3 is 1.92 bits per heavy atom. The maximum absolute atomic E-state index is 12.8. The fraction of sp³-hybridized carbons (Fsp3) is 0.900. The average Bonchev–Trinajstić information content (AvgIpc) is 3.40. The molecule has 2 atom stereocenters. The molecule has 0 radical (unpaired) electrons. The topological polar surface area (TPSA) is 40.2 Å². The van der Waals surface area contributed by atoms with Gasteiger partial charge in [0.2, 0.25) is 11.8 Å². The van der Waals surface area contributed by atoms with Crippen molar-refractivity contribution < 1.29 is 9.59 Å². The lowest BCUT2D eigenvalue weighted by molar-refractivity contribution is -0.117. The summed E-state index contributed by atoms with van der Waals surface area (Å²) in [7, 11) is 0. The molecule has 2 amide bonds. The van der Waals surface area contributed by atoms with Gasteiger partial charge in [0.05, 0.1) is 0 Å². The highest BCUT2D eigenvalue weighted by Gasteiger charge is 2.70. The molecule has 2 heterocycles. The molecule has 2 unspecified atom stereocenters. The number of carbonyl (C=O) groups excluding carboxylic acids is 2. The van der Waals surface area contributed by atoms with E-state index in [1.807, 2.05) is 0 Å². The quantitative estimate of drug-likeness (QED) is 0.728. The summed E-state index contributed by atoms with van der Waals surface area (Å²) >= 11 is 0. The Bertz CT molecular complexity index is 562. The van der Waals surface area contributed by atoms with E-state index in [0.717, 1.165) is 38.5 Å². The summed E-state index contributed by atoms with van der Waals surface area (Å²) in [5.41, 5.74) is -0.279. The lowest BCUT2D eigenvalue weighted by Crippen LogP contribution is -2.40. The molecule has 0 aromatic rings. The molecule has 2 saturated heterocycles. The Morgan fingerprint density at radius 2 is 1.17 bits per heavy atom. The highest BCUT2D eigenvalue weighted by Crippen LogP contribution is 2.55. The molecule has 3 aliphatic carbocycles.